The molecular formula is C20H17BrN2O5S. The van der Waals surface area contributed by atoms with Gasteiger partial charge in [-0.25, -0.2) is 0 Å². The van der Waals surface area contributed by atoms with Crippen LogP contribution >= 0.6 is 27.7 Å². The molecule has 150 valence electrons. The SMILES string of the molecule is COc1cc(/C=C2\SC(=O)N(CC(N)=O)C2=O)ccc1OCc1ccc(Br)cc1. The van der Waals surface area contributed by atoms with E-state index in [4.69, 9.17) is 15.2 Å². The van der Waals surface area contributed by atoms with Gasteiger partial charge in [0.15, 0.2) is 11.5 Å². The number of rotatable bonds is 7. The Morgan fingerprint density at radius 2 is 1.90 bits per heavy atom. The maximum Gasteiger partial charge on any atom is 0.294 e. The molecule has 0 spiro atoms. The van der Waals surface area contributed by atoms with Gasteiger partial charge in [-0.3, -0.25) is 19.3 Å². The average molecular weight is 477 g/mol. The third kappa shape index (κ3) is 5.18. The Balaban J connectivity index is 1.75. The zero-order valence-electron chi connectivity index (χ0n) is 15.4. The molecule has 2 aromatic carbocycles. The second-order valence-electron chi connectivity index (χ2n) is 6.06. The Kier molecular flexibility index (Phi) is 6.60. The number of carbonyl (C=O) groups excluding carboxylic acids is 3. The second-order valence-corrected chi connectivity index (χ2v) is 7.97. The average Bonchev–Trinajstić information content (AvgIpc) is 2.95. The third-order valence-corrected chi connectivity index (χ3v) is 5.42. The van der Waals surface area contributed by atoms with E-state index in [2.05, 4.69) is 15.9 Å². The van der Waals surface area contributed by atoms with Crippen LogP contribution in [0, 0.1) is 0 Å². The molecule has 9 heteroatoms. The fourth-order valence-corrected chi connectivity index (χ4v) is 3.68. The summed E-state index contributed by atoms with van der Waals surface area (Å²) >= 11 is 4.15. The normalized spacial score (nSPS) is 15.1. The van der Waals surface area contributed by atoms with Crippen LogP contribution < -0.4 is 15.2 Å². The molecule has 0 atom stereocenters. The molecule has 3 amide bonds. The Labute approximate surface area is 180 Å². The van der Waals surface area contributed by atoms with Gasteiger partial charge < -0.3 is 15.2 Å². The first-order valence-electron chi connectivity index (χ1n) is 8.46. The molecule has 2 aromatic rings. The van der Waals surface area contributed by atoms with E-state index >= 15 is 0 Å². The minimum absolute atomic E-state index is 0.210. The number of ether oxygens (including phenoxy) is 2. The first kappa shape index (κ1) is 20.9. The van der Waals surface area contributed by atoms with E-state index in [9.17, 15) is 14.4 Å². The van der Waals surface area contributed by atoms with Crippen molar-refractivity contribution in [1.29, 1.82) is 0 Å². The molecule has 0 saturated carbocycles. The highest BCUT2D eigenvalue weighted by Gasteiger charge is 2.35. The molecule has 0 aliphatic carbocycles. The van der Waals surface area contributed by atoms with Gasteiger partial charge in [0.05, 0.1) is 12.0 Å². The van der Waals surface area contributed by atoms with Crippen LogP contribution in [0.2, 0.25) is 0 Å². The van der Waals surface area contributed by atoms with Gasteiger partial charge >= 0.3 is 0 Å². The number of thioether (sulfide) groups is 1. The van der Waals surface area contributed by atoms with Crippen LogP contribution in [-0.4, -0.2) is 35.6 Å². The number of imide groups is 1. The maximum absolute atomic E-state index is 12.3. The highest BCUT2D eigenvalue weighted by atomic mass is 79.9. The highest BCUT2D eigenvalue weighted by molar-refractivity contribution is 9.10. The number of nitrogens with two attached hydrogens (primary N) is 1. The summed E-state index contributed by atoms with van der Waals surface area (Å²) in [5, 5.41) is -0.526. The molecule has 1 aliphatic heterocycles. The van der Waals surface area contributed by atoms with Crippen molar-refractivity contribution in [2.45, 2.75) is 6.61 Å². The lowest BCUT2D eigenvalue weighted by Gasteiger charge is -2.12. The first-order chi connectivity index (χ1) is 13.9. The lowest BCUT2D eigenvalue weighted by molar-refractivity contribution is -0.127. The summed E-state index contributed by atoms with van der Waals surface area (Å²) in [6.07, 6.45) is 1.56. The molecule has 0 unspecified atom stereocenters. The maximum atomic E-state index is 12.3. The van der Waals surface area contributed by atoms with Gasteiger partial charge in [-0.05, 0) is 53.2 Å². The van der Waals surface area contributed by atoms with Crippen LogP contribution in [0.4, 0.5) is 4.79 Å². The van der Waals surface area contributed by atoms with Gasteiger partial charge in [-0.2, -0.15) is 0 Å². The quantitative estimate of drug-likeness (QED) is 0.613. The van der Waals surface area contributed by atoms with E-state index in [-0.39, 0.29) is 4.91 Å². The number of methoxy groups -OCH3 is 1. The number of nitrogens with zero attached hydrogens (tertiary/aromatic N) is 1. The predicted octanol–water partition coefficient (Wildman–Crippen LogP) is 3.56. The molecule has 1 heterocycles. The van der Waals surface area contributed by atoms with Crippen molar-refractivity contribution in [3.63, 3.8) is 0 Å². The number of benzene rings is 2. The topological polar surface area (TPSA) is 98.9 Å². The summed E-state index contributed by atoms with van der Waals surface area (Å²) in [6.45, 7) is -0.0663. The van der Waals surface area contributed by atoms with Crippen molar-refractivity contribution < 1.29 is 23.9 Å². The Hall–Kier alpha value is -2.78. The fraction of sp³-hybridized carbons (Fsp3) is 0.150. The standard InChI is InChI=1S/C20H17BrN2O5S/c1-27-16-8-13(9-17-19(25)23(10-18(22)24)20(26)29-17)4-7-15(16)28-11-12-2-5-14(21)6-3-12/h2-9H,10-11H2,1H3,(H2,22,24)/b17-9-. The molecule has 0 radical (unpaired) electrons. The zero-order valence-corrected chi connectivity index (χ0v) is 17.8. The van der Waals surface area contributed by atoms with Crippen molar-refractivity contribution in [3.8, 4) is 11.5 Å². The van der Waals surface area contributed by atoms with E-state index in [1.807, 2.05) is 24.3 Å². The van der Waals surface area contributed by atoms with E-state index in [1.165, 1.54) is 7.11 Å². The number of hydrogen-bond acceptors (Lipinski definition) is 6. The monoisotopic (exact) mass is 476 g/mol. The van der Waals surface area contributed by atoms with Crippen molar-refractivity contribution in [2.75, 3.05) is 13.7 Å². The molecule has 1 fully saturated rings. The molecule has 3 rings (SSSR count). The molecule has 2 N–H and O–H groups in total. The predicted molar refractivity (Wildman–Crippen MR) is 113 cm³/mol. The third-order valence-electron chi connectivity index (χ3n) is 3.98. The summed E-state index contributed by atoms with van der Waals surface area (Å²) in [5.41, 5.74) is 6.74. The molecule has 29 heavy (non-hydrogen) atoms. The van der Waals surface area contributed by atoms with Gasteiger partial charge in [0.2, 0.25) is 5.91 Å². The largest absolute Gasteiger partial charge is 0.493 e. The van der Waals surface area contributed by atoms with Gasteiger partial charge in [-0.15, -0.1) is 0 Å². The van der Waals surface area contributed by atoms with Crippen LogP contribution in [0.3, 0.4) is 0 Å². The number of halogens is 1. The molecule has 0 bridgehead atoms. The van der Waals surface area contributed by atoms with Crippen molar-refractivity contribution in [1.82, 2.24) is 4.90 Å². The lowest BCUT2D eigenvalue weighted by Crippen LogP contribution is -2.36. The van der Waals surface area contributed by atoms with Gasteiger partial charge in [-0.1, -0.05) is 34.1 Å². The van der Waals surface area contributed by atoms with Crippen LogP contribution in [0.15, 0.2) is 51.8 Å². The molecule has 0 aromatic heterocycles. The minimum atomic E-state index is -0.748. The summed E-state index contributed by atoms with van der Waals surface area (Å²) in [6, 6.07) is 13.0. The van der Waals surface area contributed by atoms with Gasteiger partial charge in [0.25, 0.3) is 11.1 Å². The molecule has 1 saturated heterocycles. The van der Waals surface area contributed by atoms with Crippen molar-refractivity contribution in [3.05, 3.63) is 63.0 Å². The summed E-state index contributed by atoms with van der Waals surface area (Å²) in [7, 11) is 1.52. The van der Waals surface area contributed by atoms with Gasteiger partial charge in [0, 0.05) is 4.47 Å². The Morgan fingerprint density at radius 1 is 1.17 bits per heavy atom. The lowest BCUT2D eigenvalue weighted by atomic mass is 10.1. The minimum Gasteiger partial charge on any atom is -0.493 e. The van der Waals surface area contributed by atoms with E-state index in [0.717, 1.165) is 26.7 Å². The van der Waals surface area contributed by atoms with Crippen LogP contribution in [-0.2, 0) is 16.2 Å². The van der Waals surface area contributed by atoms with Crippen molar-refractivity contribution >= 4 is 50.8 Å². The summed E-state index contributed by atoms with van der Waals surface area (Å²) in [5.74, 6) is -0.252. The first-order valence-corrected chi connectivity index (χ1v) is 10.1. The Bertz CT molecular complexity index is 991. The highest BCUT2D eigenvalue weighted by Crippen LogP contribution is 2.34. The van der Waals surface area contributed by atoms with Crippen LogP contribution in [0.25, 0.3) is 6.08 Å². The number of amides is 3. The van der Waals surface area contributed by atoms with Gasteiger partial charge in [0.1, 0.15) is 13.2 Å². The fourth-order valence-electron chi connectivity index (χ4n) is 2.58. The number of carbonyl (C=O) groups is 3. The van der Waals surface area contributed by atoms with E-state index in [1.54, 1.807) is 24.3 Å². The zero-order chi connectivity index (χ0) is 21.0. The summed E-state index contributed by atoms with van der Waals surface area (Å²) in [4.78, 5) is 36.3. The van der Waals surface area contributed by atoms with E-state index in [0.29, 0.717) is 23.7 Å². The molecule has 1 aliphatic rings. The summed E-state index contributed by atoms with van der Waals surface area (Å²) < 4.78 is 12.2. The second kappa shape index (κ2) is 9.15. The van der Waals surface area contributed by atoms with Crippen LogP contribution in [0.1, 0.15) is 11.1 Å². The van der Waals surface area contributed by atoms with Crippen LogP contribution in [0.5, 0.6) is 11.5 Å². The number of hydrogen-bond donors (Lipinski definition) is 1. The smallest absolute Gasteiger partial charge is 0.294 e. The Morgan fingerprint density at radius 3 is 2.55 bits per heavy atom. The number of primary amides is 1. The molecule has 7 nitrogen and oxygen atoms in total. The van der Waals surface area contributed by atoms with E-state index < -0.39 is 23.6 Å². The van der Waals surface area contributed by atoms with Crippen molar-refractivity contribution in [2.24, 2.45) is 5.73 Å². The molecular weight excluding hydrogens is 460 g/mol.